The predicted octanol–water partition coefficient (Wildman–Crippen LogP) is 2.24. The van der Waals surface area contributed by atoms with Crippen LogP contribution in [0.2, 0.25) is 0 Å². The van der Waals surface area contributed by atoms with Crippen LogP contribution in [-0.2, 0) is 4.84 Å². The Bertz CT molecular complexity index is 133. The summed E-state index contributed by atoms with van der Waals surface area (Å²) in [6.45, 7) is 6.41. The van der Waals surface area contributed by atoms with E-state index in [1.165, 1.54) is 25.7 Å². The Morgan fingerprint density at radius 1 is 1.45 bits per heavy atom. The monoisotopic (exact) mass is 157 g/mol. The highest BCUT2D eigenvalue weighted by Crippen LogP contribution is 2.52. The summed E-state index contributed by atoms with van der Waals surface area (Å²) in [5.41, 5.74) is 0.224. The Morgan fingerprint density at radius 2 is 2.00 bits per heavy atom. The van der Waals surface area contributed by atoms with Crippen molar-refractivity contribution in [2.24, 2.45) is 11.3 Å². The molecular weight excluding hydrogens is 138 g/mol. The van der Waals surface area contributed by atoms with Gasteiger partial charge in [-0.3, -0.25) is 4.84 Å². The Labute approximate surface area is 69.1 Å². The second-order valence-corrected chi connectivity index (χ2v) is 4.12. The second kappa shape index (κ2) is 2.76. The van der Waals surface area contributed by atoms with Crippen molar-refractivity contribution in [2.45, 2.75) is 52.1 Å². The smallest absolute Gasteiger partial charge is 0.0893 e. The van der Waals surface area contributed by atoms with Gasteiger partial charge in [0.15, 0.2) is 0 Å². The second-order valence-electron chi connectivity index (χ2n) is 4.12. The van der Waals surface area contributed by atoms with Crippen LogP contribution in [0.25, 0.3) is 0 Å². The summed E-state index contributed by atoms with van der Waals surface area (Å²) in [5.74, 6) is 5.28. The predicted molar refractivity (Wildman–Crippen MR) is 45.9 cm³/mol. The highest BCUT2D eigenvalue weighted by molar-refractivity contribution is 4.98. The van der Waals surface area contributed by atoms with Crippen LogP contribution in [0.15, 0.2) is 0 Å². The zero-order valence-electron chi connectivity index (χ0n) is 7.81. The Morgan fingerprint density at radius 3 is 2.09 bits per heavy atom. The molecule has 0 aromatic carbocycles. The Balaban J connectivity index is 2.68. The zero-order chi connectivity index (χ0) is 8.54. The van der Waals surface area contributed by atoms with Gasteiger partial charge in [0.05, 0.1) is 5.60 Å². The van der Waals surface area contributed by atoms with Gasteiger partial charge in [-0.2, -0.15) is 0 Å². The summed E-state index contributed by atoms with van der Waals surface area (Å²) >= 11 is 0. The minimum absolute atomic E-state index is 0.139. The SMILES string of the molecule is CCC1(C(C)(C)ON)CCC1. The van der Waals surface area contributed by atoms with Gasteiger partial charge in [0, 0.05) is 5.41 Å². The Hall–Kier alpha value is -0.0800. The molecule has 0 heterocycles. The molecule has 0 aromatic heterocycles. The summed E-state index contributed by atoms with van der Waals surface area (Å²) in [6.07, 6.45) is 5.05. The van der Waals surface area contributed by atoms with Gasteiger partial charge < -0.3 is 0 Å². The topological polar surface area (TPSA) is 35.2 Å². The molecule has 1 rings (SSSR count). The van der Waals surface area contributed by atoms with E-state index in [1.807, 2.05) is 0 Å². The molecule has 0 bridgehead atoms. The molecule has 1 saturated carbocycles. The van der Waals surface area contributed by atoms with E-state index in [1.54, 1.807) is 0 Å². The van der Waals surface area contributed by atoms with Crippen LogP contribution in [0.3, 0.4) is 0 Å². The molecule has 0 spiro atoms. The summed E-state index contributed by atoms with van der Waals surface area (Å²) in [5, 5.41) is 0. The van der Waals surface area contributed by atoms with E-state index in [-0.39, 0.29) is 5.60 Å². The quantitative estimate of drug-likeness (QED) is 0.638. The lowest BCUT2D eigenvalue weighted by Gasteiger charge is -2.51. The van der Waals surface area contributed by atoms with Gasteiger partial charge in [-0.05, 0) is 33.1 Å². The first-order chi connectivity index (χ1) is 5.08. The fourth-order valence-corrected chi connectivity index (χ4v) is 2.11. The number of hydrogen-bond donors (Lipinski definition) is 1. The van der Waals surface area contributed by atoms with Gasteiger partial charge in [0.2, 0.25) is 0 Å². The minimum atomic E-state index is -0.139. The van der Waals surface area contributed by atoms with E-state index >= 15 is 0 Å². The molecular formula is C9H19NO. The van der Waals surface area contributed by atoms with Crippen molar-refractivity contribution in [3.63, 3.8) is 0 Å². The number of rotatable bonds is 3. The van der Waals surface area contributed by atoms with E-state index in [0.29, 0.717) is 5.41 Å². The zero-order valence-corrected chi connectivity index (χ0v) is 7.81. The van der Waals surface area contributed by atoms with E-state index in [9.17, 15) is 0 Å². The normalized spacial score (nSPS) is 22.9. The number of nitrogens with two attached hydrogens (primary N) is 1. The average Bonchev–Trinajstić information content (AvgIpc) is 1.86. The van der Waals surface area contributed by atoms with Gasteiger partial charge in [-0.1, -0.05) is 13.3 Å². The molecule has 2 heteroatoms. The molecule has 66 valence electrons. The van der Waals surface area contributed by atoms with Crippen LogP contribution in [0.4, 0.5) is 0 Å². The Kier molecular flexibility index (Phi) is 2.26. The molecule has 0 unspecified atom stereocenters. The van der Waals surface area contributed by atoms with Crippen molar-refractivity contribution in [1.29, 1.82) is 0 Å². The summed E-state index contributed by atoms with van der Waals surface area (Å²) in [6, 6.07) is 0. The third-order valence-electron chi connectivity index (χ3n) is 3.56. The molecule has 0 amide bonds. The molecule has 1 fully saturated rings. The first-order valence-electron chi connectivity index (χ1n) is 4.46. The molecule has 11 heavy (non-hydrogen) atoms. The summed E-state index contributed by atoms with van der Waals surface area (Å²) in [4.78, 5) is 5.04. The maximum atomic E-state index is 5.28. The van der Waals surface area contributed by atoms with E-state index in [4.69, 9.17) is 10.7 Å². The third kappa shape index (κ3) is 1.18. The highest BCUT2D eigenvalue weighted by atomic mass is 16.6. The fourth-order valence-electron chi connectivity index (χ4n) is 2.11. The van der Waals surface area contributed by atoms with Crippen LogP contribution in [0.5, 0.6) is 0 Å². The van der Waals surface area contributed by atoms with E-state index in [2.05, 4.69) is 20.8 Å². The lowest BCUT2D eigenvalue weighted by Crippen LogP contribution is -2.51. The highest BCUT2D eigenvalue weighted by Gasteiger charge is 2.48. The molecule has 0 aromatic rings. The number of hydrogen-bond acceptors (Lipinski definition) is 2. The molecule has 2 nitrogen and oxygen atoms in total. The van der Waals surface area contributed by atoms with Crippen molar-refractivity contribution in [1.82, 2.24) is 0 Å². The van der Waals surface area contributed by atoms with Crippen molar-refractivity contribution in [2.75, 3.05) is 0 Å². The third-order valence-corrected chi connectivity index (χ3v) is 3.56. The van der Waals surface area contributed by atoms with Gasteiger partial charge in [-0.25, -0.2) is 5.90 Å². The van der Waals surface area contributed by atoms with Crippen LogP contribution in [0, 0.1) is 5.41 Å². The lowest BCUT2D eigenvalue weighted by molar-refractivity contribution is -0.151. The molecule has 0 atom stereocenters. The molecule has 1 aliphatic rings. The average molecular weight is 157 g/mol. The van der Waals surface area contributed by atoms with Crippen molar-refractivity contribution >= 4 is 0 Å². The van der Waals surface area contributed by atoms with Gasteiger partial charge in [0.25, 0.3) is 0 Å². The molecule has 0 radical (unpaired) electrons. The maximum Gasteiger partial charge on any atom is 0.0893 e. The van der Waals surface area contributed by atoms with Crippen LogP contribution in [-0.4, -0.2) is 5.60 Å². The standard InChI is InChI=1S/C9H19NO/c1-4-9(6-5-7-9)8(2,3)11-10/h4-7,10H2,1-3H3. The maximum absolute atomic E-state index is 5.28. The fraction of sp³-hybridized carbons (Fsp3) is 1.00. The van der Waals surface area contributed by atoms with Crippen LogP contribution < -0.4 is 5.90 Å². The largest absolute Gasteiger partial charge is 0.298 e. The van der Waals surface area contributed by atoms with Crippen molar-refractivity contribution < 1.29 is 4.84 Å². The summed E-state index contributed by atoms with van der Waals surface area (Å²) < 4.78 is 0. The van der Waals surface area contributed by atoms with Gasteiger partial charge in [0.1, 0.15) is 0 Å². The van der Waals surface area contributed by atoms with Gasteiger partial charge >= 0.3 is 0 Å². The van der Waals surface area contributed by atoms with Crippen LogP contribution in [0.1, 0.15) is 46.5 Å². The van der Waals surface area contributed by atoms with E-state index in [0.717, 1.165) is 0 Å². The molecule has 2 N–H and O–H groups in total. The molecule has 0 saturated heterocycles. The molecule has 0 aliphatic heterocycles. The van der Waals surface area contributed by atoms with Crippen molar-refractivity contribution in [3.05, 3.63) is 0 Å². The first-order valence-corrected chi connectivity index (χ1v) is 4.46. The summed E-state index contributed by atoms with van der Waals surface area (Å²) in [7, 11) is 0. The van der Waals surface area contributed by atoms with Crippen LogP contribution >= 0.6 is 0 Å². The molecule has 1 aliphatic carbocycles. The van der Waals surface area contributed by atoms with E-state index < -0.39 is 0 Å². The van der Waals surface area contributed by atoms with Crippen molar-refractivity contribution in [3.8, 4) is 0 Å². The first kappa shape index (κ1) is 9.01. The van der Waals surface area contributed by atoms with Gasteiger partial charge in [-0.15, -0.1) is 0 Å². The lowest BCUT2D eigenvalue weighted by atomic mass is 9.58. The minimum Gasteiger partial charge on any atom is -0.298 e.